The van der Waals surface area contributed by atoms with E-state index in [1.165, 1.54) is 0 Å². The molecule has 0 unspecified atom stereocenters. The summed E-state index contributed by atoms with van der Waals surface area (Å²) in [6, 6.07) is 0. The topological polar surface area (TPSA) is 127 Å². The van der Waals surface area contributed by atoms with Crippen molar-refractivity contribution < 1.29 is 59.3 Å². The van der Waals surface area contributed by atoms with Gasteiger partial charge in [0.15, 0.2) is 0 Å². The van der Waals surface area contributed by atoms with Crippen molar-refractivity contribution in [3.8, 4) is 0 Å². The van der Waals surface area contributed by atoms with Crippen molar-refractivity contribution in [3.63, 3.8) is 0 Å². The van der Waals surface area contributed by atoms with E-state index in [4.69, 9.17) is 17.5 Å². The molecule has 0 atom stereocenters. The third kappa shape index (κ3) is 200. The van der Waals surface area contributed by atoms with Gasteiger partial charge >= 0.3 is 10.4 Å². The van der Waals surface area contributed by atoms with E-state index in [9.17, 15) is 0 Å². The molecule has 0 aromatic rings. The smallest absolute Gasteiger partial charge is 0.274 e. The molecule has 50 valence electrons. The van der Waals surface area contributed by atoms with Crippen molar-refractivity contribution in [3.05, 3.63) is 0 Å². The third-order valence-corrected chi connectivity index (χ3v) is 0. The summed E-state index contributed by atoms with van der Waals surface area (Å²) in [5.41, 5.74) is 0. The van der Waals surface area contributed by atoms with Crippen molar-refractivity contribution in [1.82, 2.24) is 0 Å². The van der Waals surface area contributed by atoms with Gasteiger partial charge in [-0.3, -0.25) is 20.8 Å². The van der Waals surface area contributed by atoms with Crippen LogP contribution in [0, 0.1) is 41.7 Å². The molecule has 6 nitrogen and oxygen atoms in total. The number of hydrogen-bond donors (Lipinski definition) is 4. The van der Waals surface area contributed by atoms with Crippen LogP contribution in [0.2, 0.25) is 0 Å². The quantitative estimate of drug-likeness (QED) is 0.233. The van der Waals surface area contributed by atoms with Crippen molar-refractivity contribution in [1.29, 1.82) is 0 Å². The number of rotatable bonds is 0. The molecule has 0 aromatic heterocycles. The van der Waals surface area contributed by atoms with E-state index < -0.39 is 10.4 Å². The van der Waals surface area contributed by atoms with E-state index in [1.807, 2.05) is 0 Å². The van der Waals surface area contributed by atoms with Crippen LogP contribution in [-0.4, -0.2) is 17.5 Å². The normalized spacial score (nSPS) is 8.00. The first-order valence-corrected chi connectivity index (χ1v) is 2.43. The Labute approximate surface area is 80.5 Å². The molecule has 0 bridgehead atoms. The molecular formula is H6CeN2O4S. The van der Waals surface area contributed by atoms with Gasteiger partial charge in [-0.15, -0.1) is 0 Å². The zero-order valence-corrected chi connectivity index (χ0v) is 7.73. The van der Waals surface area contributed by atoms with Gasteiger partial charge in [0.05, 0.1) is 0 Å². The number of hydrazine groups is 1. The monoisotopic (exact) mass is 270 g/mol. The minimum Gasteiger partial charge on any atom is -0.274 e. The number of hydrogen-bond acceptors (Lipinski definition) is 4. The Morgan fingerprint density at radius 3 is 1.12 bits per heavy atom. The maximum atomic E-state index is 8.74. The SMILES string of the molecule is NN.O=S(=O)(O)O.[Ce]. The summed E-state index contributed by atoms with van der Waals surface area (Å²) in [6.45, 7) is 0. The standard InChI is InChI=1S/Ce.H4N2.H2O4S/c;1-2;1-5(2,3)4/h;1-2H2;(H2,1,2,3,4). The summed E-state index contributed by atoms with van der Waals surface area (Å²) in [5.74, 6) is 8.00. The predicted octanol–water partition coefficient (Wildman–Crippen LogP) is -1.83. The maximum absolute atomic E-state index is 8.74. The summed E-state index contributed by atoms with van der Waals surface area (Å²) in [7, 11) is -4.67. The van der Waals surface area contributed by atoms with E-state index in [2.05, 4.69) is 11.7 Å². The molecule has 0 saturated carbocycles. The van der Waals surface area contributed by atoms with Gasteiger partial charge in [-0.1, -0.05) is 0 Å². The van der Waals surface area contributed by atoms with Crippen molar-refractivity contribution in [2.24, 2.45) is 11.7 Å². The van der Waals surface area contributed by atoms with Crippen molar-refractivity contribution in [2.75, 3.05) is 0 Å². The van der Waals surface area contributed by atoms with E-state index in [-0.39, 0.29) is 41.7 Å². The molecule has 8 heavy (non-hydrogen) atoms. The largest absolute Gasteiger partial charge is 0.394 e. The average Bonchev–Trinajstić information content (AvgIpc) is 1.36. The zero-order valence-electron chi connectivity index (χ0n) is 3.77. The average molecular weight is 270 g/mol. The third-order valence-electron chi connectivity index (χ3n) is 0. The Morgan fingerprint density at radius 1 is 1.12 bits per heavy atom. The molecule has 0 rings (SSSR count). The predicted molar refractivity (Wildman–Crippen MR) is 22.6 cm³/mol. The summed E-state index contributed by atoms with van der Waals surface area (Å²) in [5, 5.41) is 0. The number of nitrogens with two attached hydrogens (primary N) is 2. The van der Waals surface area contributed by atoms with Crippen molar-refractivity contribution in [2.45, 2.75) is 0 Å². The van der Waals surface area contributed by atoms with E-state index in [1.54, 1.807) is 0 Å². The van der Waals surface area contributed by atoms with Crippen LogP contribution in [0.4, 0.5) is 0 Å². The minimum absolute atomic E-state index is 0. The Morgan fingerprint density at radius 2 is 1.12 bits per heavy atom. The molecule has 0 aliphatic heterocycles. The fraction of sp³-hybridized carbons (Fsp3) is 0. The van der Waals surface area contributed by atoms with Gasteiger partial charge in [0.25, 0.3) is 0 Å². The second-order valence-electron chi connectivity index (χ2n) is 0.448. The van der Waals surface area contributed by atoms with Gasteiger partial charge in [-0.05, 0) is 0 Å². The second kappa shape index (κ2) is 8.17. The molecule has 6 N–H and O–H groups in total. The molecule has 0 saturated heterocycles. The molecule has 0 aliphatic rings. The van der Waals surface area contributed by atoms with Gasteiger partial charge in [-0.25, -0.2) is 0 Å². The molecular weight excluding hydrogens is 264 g/mol. The van der Waals surface area contributed by atoms with Gasteiger partial charge in [0.2, 0.25) is 0 Å². The summed E-state index contributed by atoms with van der Waals surface area (Å²) < 4.78 is 31.6. The van der Waals surface area contributed by atoms with Crippen LogP contribution in [0.15, 0.2) is 0 Å². The molecule has 0 heterocycles. The first-order chi connectivity index (χ1) is 3.00. The van der Waals surface area contributed by atoms with E-state index >= 15 is 0 Å². The summed E-state index contributed by atoms with van der Waals surface area (Å²) in [6.07, 6.45) is 0. The molecule has 0 aromatic carbocycles. The van der Waals surface area contributed by atoms with E-state index in [0.29, 0.717) is 0 Å². The molecule has 0 aliphatic carbocycles. The van der Waals surface area contributed by atoms with Crippen LogP contribution < -0.4 is 11.7 Å². The van der Waals surface area contributed by atoms with Crippen LogP contribution in [0.1, 0.15) is 0 Å². The molecule has 0 amide bonds. The van der Waals surface area contributed by atoms with Crippen LogP contribution in [0.3, 0.4) is 0 Å². The fourth-order valence-corrected chi connectivity index (χ4v) is 0. The Balaban J connectivity index is -0.0000000750. The molecule has 0 spiro atoms. The first-order valence-electron chi connectivity index (χ1n) is 1.03. The van der Waals surface area contributed by atoms with Crippen molar-refractivity contribution >= 4 is 10.4 Å². The molecule has 8 heteroatoms. The molecule has 0 fully saturated rings. The zero-order chi connectivity index (χ0) is 6.50. The van der Waals surface area contributed by atoms with Crippen LogP contribution in [0.25, 0.3) is 0 Å². The maximum Gasteiger partial charge on any atom is 0.394 e. The van der Waals surface area contributed by atoms with E-state index in [0.717, 1.165) is 0 Å². The van der Waals surface area contributed by atoms with Gasteiger partial charge in [-0.2, -0.15) is 8.42 Å². The Bertz CT molecular complexity index is 97.2. The second-order valence-corrected chi connectivity index (χ2v) is 1.34. The summed E-state index contributed by atoms with van der Waals surface area (Å²) in [4.78, 5) is 0. The van der Waals surface area contributed by atoms with Crippen LogP contribution >= 0.6 is 0 Å². The fourth-order valence-electron chi connectivity index (χ4n) is 0. The Hall–Kier alpha value is 1.17. The Kier molecular flexibility index (Phi) is 16.4. The van der Waals surface area contributed by atoms with Gasteiger partial charge in [0, 0.05) is 41.7 Å². The van der Waals surface area contributed by atoms with Gasteiger partial charge in [0.1, 0.15) is 0 Å². The molecule has 0 radical (unpaired) electrons. The summed E-state index contributed by atoms with van der Waals surface area (Å²) >= 11 is 0. The van der Waals surface area contributed by atoms with Crippen LogP contribution in [-0.2, 0) is 10.4 Å². The van der Waals surface area contributed by atoms with Crippen LogP contribution in [0.5, 0.6) is 0 Å². The first kappa shape index (κ1) is 16.1. The minimum atomic E-state index is -4.67. The van der Waals surface area contributed by atoms with Gasteiger partial charge < -0.3 is 0 Å².